The summed E-state index contributed by atoms with van der Waals surface area (Å²) in [5.74, 6) is -0.368. The van der Waals surface area contributed by atoms with Gasteiger partial charge in [0.05, 0.1) is 4.92 Å². The zero-order chi connectivity index (χ0) is 17.4. The smallest absolute Gasteiger partial charge is 0.269 e. The van der Waals surface area contributed by atoms with Crippen LogP contribution < -0.4 is 5.32 Å². The highest BCUT2D eigenvalue weighted by Crippen LogP contribution is 2.13. The Bertz CT molecular complexity index is 832. The summed E-state index contributed by atoms with van der Waals surface area (Å²) in [5, 5.41) is 22.2. The summed E-state index contributed by atoms with van der Waals surface area (Å²) in [6, 6.07) is 16.4. The minimum absolute atomic E-state index is 0.00975. The molecule has 6 heteroatoms. The Labute approximate surface area is 138 Å². The van der Waals surface area contributed by atoms with E-state index >= 15 is 0 Å². The van der Waals surface area contributed by atoms with Crippen LogP contribution in [-0.4, -0.2) is 10.8 Å². The van der Waals surface area contributed by atoms with E-state index in [1.54, 1.807) is 54.6 Å². The first-order valence-corrected chi connectivity index (χ1v) is 6.99. The molecule has 2 aromatic rings. The van der Waals surface area contributed by atoms with E-state index in [2.05, 4.69) is 5.32 Å². The van der Waals surface area contributed by atoms with Crippen molar-refractivity contribution >= 4 is 17.7 Å². The van der Waals surface area contributed by atoms with Crippen LogP contribution in [0.5, 0.6) is 0 Å². The Kier molecular flexibility index (Phi) is 5.59. The van der Waals surface area contributed by atoms with Crippen molar-refractivity contribution in [3.63, 3.8) is 0 Å². The summed E-state index contributed by atoms with van der Waals surface area (Å²) < 4.78 is 0. The second-order valence-corrected chi connectivity index (χ2v) is 4.72. The lowest BCUT2D eigenvalue weighted by atomic mass is 10.2. The van der Waals surface area contributed by atoms with Crippen molar-refractivity contribution in [2.45, 2.75) is 0 Å². The molecule has 1 amide bonds. The molecule has 0 atom stereocenters. The van der Waals surface area contributed by atoms with Gasteiger partial charge in [-0.2, -0.15) is 5.26 Å². The van der Waals surface area contributed by atoms with Gasteiger partial charge in [-0.3, -0.25) is 14.9 Å². The number of rotatable bonds is 5. The van der Waals surface area contributed by atoms with Crippen molar-refractivity contribution in [3.05, 3.63) is 93.7 Å². The summed E-state index contributed by atoms with van der Waals surface area (Å²) in [6.45, 7) is 0. The number of nitrogens with one attached hydrogen (secondary N) is 1. The Morgan fingerprint density at radius 1 is 1.12 bits per heavy atom. The molecule has 118 valence electrons. The molecule has 1 N–H and O–H groups in total. The lowest BCUT2D eigenvalue weighted by Gasteiger charge is -2.02. The van der Waals surface area contributed by atoms with Crippen molar-refractivity contribution in [1.29, 1.82) is 5.26 Å². The molecule has 24 heavy (non-hydrogen) atoms. The molecule has 0 saturated carbocycles. The van der Waals surface area contributed by atoms with Gasteiger partial charge in [0.2, 0.25) is 0 Å². The van der Waals surface area contributed by atoms with Crippen molar-refractivity contribution in [3.8, 4) is 6.07 Å². The first-order valence-electron chi connectivity index (χ1n) is 6.99. The number of carbonyl (C=O) groups excluding carboxylic acids is 1. The van der Waals surface area contributed by atoms with E-state index in [9.17, 15) is 14.9 Å². The summed E-state index contributed by atoms with van der Waals surface area (Å²) in [7, 11) is 0. The van der Waals surface area contributed by atoms with E-state index in [0.717, 1.165) is 5.56 Å². The third-order valence-corrected chi connectivity index (χ3v) is 3.06. The monoisotopic (exact) mass is 319 g/mol. The van der Waals surface area contributed by atoms with Gasteiger partial charge in [-0.25, -0.2) is 0 Å². The zero-order valence-corrected chi connectivity index (χ0v) is 12.5. The molecule has 0 aliphatic carbocycles. The number of non-ortho nitro benzene ring substituents is 1. The average molecular weight is 319 g/mol. The van der Waals surface area contributed by atoms with Gasteiger partial charge in [-0.05, 0) is 35.9 Å². The quantitative estimate of drug-likeness (QED) is 0.395. The number of benzene rings is 2. The zero-order valence-electron chi connectivity index (χ0n) is 12.5. The average Bonchev–Trinajstić information content (AvgIpc) is 2.61. The van der Waals surface area contributed by atoms with Gasteiger partial charge in [-0.15, -0.1) is 0 Å². The van der Waals surface area contributed by atoms with Gasteiger partial charge in [0, 0.05) is 17.7 Å². The van der Waals surface area contributed by atoms with Crippen LogP contribution in [0.3, 0.4) is 0 Å². The SMILES string of the molecule is N#CC(=CC=Cc1ccc([N+](=O)[O-])cc1)NC(=O)c1ccccc1. The van der Waals surface area contributed by atoms with Gasteiger partial charge in [0.1, 0.15) is 11.8 Å². The maximum atomic E-state index is 12.0. The van der Waals surface area contributed by atoms with Crippen LogP contribution in [0.15, 0.2) is 72.4 Å². The van der Waals surface area contributed by atoms with Crippen LogP contribution in [0.2, 0.25) is 0 Å². The Balaban J connectivity index is 2.04. The van der Waals surface area contributed by atoms with Crippen LogP contribution in [0, 0.1) is 21.4 Å². The molecule has 0 radical (unpaired) electrons. The third-order valence-electron chi connectivity index (χ3n) is 3.06. The number of carbonyl (C=O) groups is 1. The Morgan fingerprint density at radius 3 is 2.38 bits per heavy atom. The topological polar surface area (TPSA) is 96.0 Å². The first-order chi connectivity index (χ1) is 11.6. The van der Waals surface area contributed by atoms with E-state index in [0.29, 0.717) is 5.56 Å². The number of nitro benzene ring substituents is 1. The van der Waals surface area contributed by atoms with Crippen LogP contribution in [0.4, 0.5) is 5.69 Å². The molecule has 0 bridgehead atoms. The number of nitrogens with zero attached hydrogens (tertiary/aromatic N) is 2. The van der Waals surface area contributed by atoms with Crippen LogP contribution in [0.25, 0.3) is 6.08 Å². The standard InChI is InChI=1S/C18H13N3O3/c19-13-16(20-18(22)15-6-2-1-3-7-15)8-4-5-14-9-11-17(12-10-14)21(23)24/h1-12H,(H,20,22). The van der Waals surface area contributed by atoms with Gasteiger partial charge in [0.25, 0.3) is 11.6 Å². The lowest BCUT2D eigenvalue weighted by molar-refractivity contribution is -0.384. The Hall–Kier alpha value is -3.72. The molecule has 6 nitrogen and oxygen atoms in total. The number of hydrogen-bond donors (Lipinski definition) is 1. The highest BCUT2D eigenvalue weighted by molar-refractivity contribution is 5.95. The fourth-order valence-corrected chi connectivity index (χ4v) is 1.85. The normalized spacial score (nSPS) is 11.0. The molecule has 0 aliphatic heterocycles. The molecule has 2 rings (SSSR count). The summed E-state index contributed by atoms with van der Waals surface area (Å²) in [6.07, 6.45) is 4.73. The molecule has 0 fully saturated rings. The van der Waals surface area contributed by atoms with E-state index in [4.69, 9.17) is 5.26 Å². The second-order valence-electron chi connectivity index (χ2n) is 4.72. The van der Waals surface area contributed by atoms with Crippen molar-refractivity contribution in [2.24, 2.45) is 0 Å². The molecule has 0 spiro atoms. The summed E-state index contributed by atoms with van der Waals surface area (Å²) in [5.41, 5.74) is 1.30. The predicted molar refractivity (Wildman–Crippen MR) is 89.7 cm³/mol. The molecule has 0 saturated heterocycles. The van der Waals surface area contributed by atoms with Gasteiger partial charge in [0.15, 0.2) is 0 Å². The number of hydrogen-bond acceptors (Lipinski definition) is 4. The number of nitro groups is 1. The molecule has 0 aromatic heterocycles. The molecule has 0 heterocycles. The molecule has 0 unspecified atom stereocenters. The molecular formula is C18H13N3O3. The highest BCUT2D eigenvalue weighted by atomic mass is 16.6. The number of allylic oxidation sites excluding steroid dienone is 3. The van der Waals surface area contributed by atoms with Gasteiger partial charge >= 0.3 is 0 Å². The molecule has 0 aliphatic rings. The van der Waals surface area contributed by atoms with Crippen molar-refractivity contribution in [1.82, 2.24) is 5.32 Å². The van der Waals surface area contributed by atoms with Crippen LogP contribution in [0.1, 0.15) is 15.9 Å². The lowest BCUT2D eigenvalue weighted by Crippen LogP contribution is -2.21. The highest BCUT2D eigenvalue weighted by Gasteiger charge is 2.06. The third kappa shape index (κ3) is 4.64. The van der Waals surface area contributed by atoms with Gasteiger partial charge in [-0.1, -0.05) is 30.4 Å². The first kappa shape index (κ1) is 16.6. The van der Waals surface area contributed by atoms with Gasteiger partial charge < -0.3 is 5.32 Å². The van der Waals surface area contributed by atoms with Crippen LogP contribution in [-0.2, 0) is 0 Å². The Morgan fingerprint density at radius 2 is 1.79 bits per heavy atom. The van der Waals surface area contributed by atoms with E-state index in [-0.39, 0.29) is 17.3 Å². The predicted octanol–water partition coefficient (Wildman–Crippen LogP) is 3.45. The number of amides is 1. The maximum Gasteiger partial charge on any atom is 0.269 e. The summed E-state index contributed by atoms with van der Waals surface area (Å²) in [4.78, 5) is 22.1. The number of nitriles is 1. The fourth-order valence-electron chi connectivity index (χ4n) is 1.85. The van der Waals surface area contributed by atoms with E-state index in [1.165, 1.54) is 18.2 Å². The largest absolute Gasteiger partial charge is 0.313 e. The maximum absolute atomic E-state index is 12.0. The summed E-state index contributed by atoms with van der Waals surface area (Å²) >= 11 is 0. The molecular weight excluding hydrogens is 306 g/mol. The second kappa shape index (κ2) is 8.06. The minimum atomic E-state index is -0.472. The minimum Gasteiger partial charge on any atom is -0.313 e. The van der Waals surface area contributed by atoms with E-state index in [1.807, 2.05) is 6.07 Å². The fraction of sp³-hybridized carbons (Fsp3) is 0. The van der Waals surface area contributed by atoms with Crippen molar-refractivity contribution < 1.29 is 9.72 Å². The van der Waals surface area contributed by atoms with Crippen molar-refractivity contribution in [2.75, 3.05) is 0 Å². The molecule has 2 aromatic carbocycles. The van der Waals surface area contributed by atoms with Crippen LogP contribution >= 0.6 is 0 Å². The van der Waals surface area contributed by atoms with E-state index < -0.39 is 4.92 Å².